The third kappa shape index (κ3) is 1.62. The third-order valence-electron chi connectivity index (χ3n) is 2.56. The van der Waals surface area contributed by atoms with Crippen molar-refractivity contribution >= 4 is 0 Å². The highest BCUT2D eigenvalue weighted by Crippen LogP contribution is 2.45. The fraction of sp³-hybridized carbons (Fsp3) is 0.800. The molecule has 0 aliphatic heterocycles. The number of allylic oxidation sites excluding steroid dienone is 2. The van der Waals surface area contributed by atoms with Crippen molar-refractivity contribution in [2.24, 2.45) is 11.8 Å². The van der Waals surface area contributed by atoms with E-state index in [4.69, 9.17) is 0 Å². The fourth-order valence-electron chi connectivity index (χ4n) is 1.73. The Morgan fingerprint density at radius 2 is 2.20 bits per heavy atom. The van der Waals surface area contributed by atoms with Crippen LogP contribution in [0.1, 0.15) is 40.0 Å². The van der Waals surface area contributed by atoms with Crippen molar-refractivity contribution in [3.63, 3.8) is 0 Å². The first-order valence-corrected chi connectivity index (χ1v) is 4.46. The van der Waals surface area contributed by atoms with E-state index >= 15 is 0 Å². The first-order valence-electron chi connectivity index (χ1n) is 4.46. The van der Waals surface area contributed by atoms with Gasteiger partial charge in [0.05, 0.1) is 0 Å². The van der Waals surface area contributed by atoms with Crippen LogP contribution in [0.2, 0.25) is 0 Å². The zero-order chi connectivity index (χ0) is 7.56. The lowest BCUT2D eigenvalue weighted by Crippen LogP contribution is -1.82. The minimum absolute atomic E-state index is 0.963. The average molecular weight is 138 g/mol. The molecule has 1 aliphatic carbocycles. The molecule has 10 heavy (non-hydrogen) atoms. The van der Waals surface area contributed by atoms with Crippen LogP contribution in [-0.4, -0.2) is 0 Å². The number of hydrogen-bond acceptors (Lipinski definition) is 0. The van der Waals surface area contributed by atoms with Crippen molar-refractivity contribution in [2.75, 3.05) is 0 Å². The smallest absolute Gasteiger partial charge is 0.0175 e. The molecule has 2 atom stereocenters. The highest BCUT2D eigenvalue weighted by molar-refractivity contribution is 5.12. The highest BCUT2D eigenvalue weighted by Gasteiger charge is 2.35. The first-order chi connectivity index (χ1) is 4.79. The minimum atomic E-state index is 0.963. The number of hydrogen-bond donors (Lipinski definition) is 0. The van der Waals surface area contributed by atoms with Crippen LogP contribution in [0.15, 0.2) is 11.6 Å². The van der Waals surface area contributed by atoms with Gasteiger partial charge in [0.1, 0.15) is 0 Å². The van der Waals surface area contributed by atoms with Crippen molar-refractivity contribution in [3.05, 3.63) is 11.6 Å². The van der Waals surface area contributed by atoms with Crippen LogP contribution in [0.4, 0.5) is 0 Å². The summed E-state index contributed by atoms with van der Waals surface area (Å²) in [7, 11) is 0. The van der Waals surface area contributed by atoms with E-state index in [0.29, 0.717) is 0 Å². The molecule has 0 amide bonds. The van der Waals surface area contributed by atoms with E-state index in [9.17, 15) is 0 Å². The molecule has 1 aliphatic rings. The Bertz CT molecular complexity index is 133. The molecule has 1 saturated carbocycles. The molecule has 0 aromatic rings. The number of rotatable bonds is 3. The molecule has 0 N–H and O–H groups in total. The van der Waals surface area contributed by atoms with Crippen LogP contribution in [-0.2, 0) is 0 Å². The van der Waals surface area contributed by atoms with Crippen LogP contribution < -0.4 is 0 Å². The molecule has 0 heteroatoms. The Kier molecular flexibility index (Phi) is 2.53. The van der Waals surface area contributed by atoms with Gasteiger partial charge in [-0.15, -0.1) is 0 Å². The Balaban J connectivity index is 2.32. The monoisotopic (exact) mass is 138 g/mol. The summed E-state index contributed by atoms with van der Waals surface area (Å²) in [6, 6.07) is 0. The van der Waals surface area contributed by atoms with Crippen molar-refractivity contribution in [1.82, 2.24) is 0 Å². The topological polar surface area (TPSA) is 0 Å². The molecule has 2 unspecified atom stereocenters. The summed E-state index contributed by atoms with van der Waals surface area (Å²) in [5.41, 5.74) is 1.63. The maximum Gasteiger partial charge on any atom is -0.0175 e. The molecule has 0 aromatic heterocycles. The van der Waals surface area contributed by atoms with Gasteiger partial charge in [-0.2, -0.15) is 0 Å². The second-order valence-corrected chi connectivity index (χ2v) is 3.37. The van der Waals surface area contributed by atoms with Gasteiger partial charge in [0.2, 0.25) is 0 Å². The molecule has 1 rings (SSSR count). The molecule has 0 spiro atoms. The van der Waals surface area contributed by atoms with E-state index in [2.05, 4.69) is 26.8 Å². The quantitative estimate of drug-likeness (QED) is 0.524. The molecule has 0 bridgehead atoms. The standard InChI is InChI=1S/C10H18/c1-4-6-8(3)10-7-9(10)5-2/h6,9-10H,4-5,7H2,1-3H3. The molecule has 0 saturated heterocycles. The average Bonchev–Trinajstić information content (AvgIpc) is 2.66. The van der Waals surface area contributed by atoms with Crippen molar-refractivity contribution < 1.29 is 0 Å². The maximum absolute atomic E-state index is 2.38. The van der Waals surface area contributed by atoms with Gasteiger partial charge >= 0.3 is 0 Å². The SMILES string of the molecule is CCC=C(C)C1CC1CC. The van der Waals surface area contributed by atoms with Crippen LogP contribution >= 0.6 is 0 Å². The maximum atomic E-state index is 2.38. The van der Waals surface area contributed by atoms with Gasteiger partial charge < -0.3 is 0 Å². The summed E-state index contributed by atoms with van der Waals surface area (Å²) in [6.07, 6.45) is 6.41. The Morgan fingerprint density at radius 1 is 1.50 bits per heavy atom. The third-order valence-corrected chi connectivity index (χ3v) is 2.56. The van der Waals surface area contributed by atoms with Gasteiger partial charge in [-0.05, 0) is 31.6 Å². The lowest BCUT2D eigenvalue weighted by molar-refractivity contribution is 0.735. The van der Waals surface area contributed by atoms with E-state index < -0.39 is 0 Å². The van der Waals surface area contributed by atoms with Crippen molar-refractivity contribution in [1.29, 1.82) is 0 Å². The van der Waals surface area contributed by atoms with Crippen LogP contribution in [0.25, 0.3) is 0 Å². The predicted molar refractivity (Wildman–Crippen MR) is 45.9 cm³/mol. The molecule has 0 heterocycles. The Hall–Kier alpha value is -0.260. The second-order valence-electron chi connectivity index (χ2n) is 3.37. The second kappa shape index (κ2) is 3.23. The van der Waals surface area contributed by atoms with Gasteiger partial charge in [-0.1, -0.05) is 31.9 Å². The fourth-order valence-corrected chi connectivity index (χ4v) is 1.73. The summed E-state index contributed by atoms with van der Waals surface area (Å²) in [4.78, 5) is 0. The van der Waals surface area contributed by atoms with Crippen LogP contribution in [0.3, 0.4) is 0 Å². The van der Waals surface area contributed by atoms with Crippen molar-refractivity contribution in [2.45, 2.75) is 40.0 Å². The molecule has 1 fully saturated rings. The molecule has 0 nitrogen and oxygen atoms in total. The van der Waals surface area contributed by atoms with Crippen LogP contribution in [0, 0.1) is 11.8 Å². The summed E-state index contributed by atoms with van der Waals surface area (Å²) < 4.78 is 0. The van der Waals surface area contributed by atoms with Gasteiger partial charge in [0.25, 0.3) is 0 Å². The summed E-state index contributed by atoms with van der Waals surface area (Å²) >= 11 is 0. The van der Waals surface area contributed by atoms with E-state index in [1.807, 2.05) is 0 Å². The Labute approximate surface area is 64.3 Å². The van der Waals surface area contributed by atoms with E-state index in [1.165, 1.54) is 19.3 Å². The van der Waals surface area contributed by atoms with E-state index in [1.54, 1.807) is 5.57 Å². The molecule has 0 radical (unpaired) electrons. The van der Waals surface area contributed by atoms with Gasteiger partial charge in [-0.3, -0.25) is 0 Å². The molecule has 0 aromatic carbocycles. The minimum Gasteiger partial charge on any atom is -0.0856 e. The summed E-state index contributed by atoms with van der Waals surface area (Å²) in [6.45, 7) is 6.79. The molecule has 58 valence electrons. The van der Waals surface area contributed by atoms with Gasteiger partial charge in [0.15, 0.2) is 0 Å². The summed E-state index contributed by atoms with van der Waals surface area (Å²) in [5, 5.41) is 0. The summed E-state index contributed by atoms with van der Waals surface area (Å²) in [5.74, 6) is 1.99. The zero-order valence-corrected chi connectivity index (χ0v) is 7.35. The largest absolute Gasteiger partial charge is 0.0856 e. The molecular formula is C10H18. The molecular weight excluding hydrogens is 120 g/mol. The first kappa shape index (κ1) is 7.84. The predicted octanol–water partition coefficient (Wildman–Crippen LogP) is 3.39. The van der Waals surface area contributed by atoms with Crippen molar-refractivity contribution in [3.8, 4) is 0 Å². The van der Waals surface area contributed by atoms with Gasteiger partial charge in [-0.25, -0.2) is 0 Å². The lowest BCUT2D eigenvalue weighted by atomic mass is 10.1. The van der Waals surface area contributed by atoms with E-state index in [-0.39, 0.29) is 0 Å². The zero-order valence-electron chi connectivity index (χ0n) is 7.35. The van der Waals surface area contributed by atoms with Crippen LogP contribution in [0.5, 0.6) is 0 Å². The lowest BCUT2D eigenvalue weighted by Gasteiger charge is -1.96. The Morgan fingerprint density at radius 3 is 2.60 bits per heavy atom. The van der Waals surface area contributed by atoms with E-state index in [0.717, 1.165) is 11.8 Å². The highest BCUT2D eigenvalue weighted by atomic mass is 14.4. The normalized spacial score (nSPS) is 32.5. The van der Waals surface area contributed by atoms with Gasteiger partial charge in [0, 0.05) is 0 Å².